The van der Waals surface area contributed by atoms with Crippen LogP contribution in [0.2, 0.25) is 0 Å². The summed E-state index contributed by atoms with van der Waals surface area (Å²) >= 11 is 0. The first-order valence-electron chi connectivity index (χ1n) is 7.74. The lowest BCUT2D eigenvalue weighted by Gasteiger charge is -2.21. The third-order valence-electron chi connectivity index (χ3n) is 4.29. The molecule has 1 fully saturated rings. The minimum Gasteiger partial charge on any atom is -0.355 e. The van der Waals surface area contributed by atoms with Crippen LogP contribution >= 0.6 is 24.8 Å². The summed E-state index contributed by atoms with van der Waals surface area (Å²) in [5, 5.41) is 6.24. The van der Waals surface area contributed by atoms with Crippen molar-refractivity contribution in [3.63, 3.8) is 0 Å². The van der Waals surface area contributed by atoms with Gasteiger partial charge in [0.05, 0.1) is 11.0 Å². The van der Waals surface area contributed by atoms with Crippen molar-refractivity contribution in [2.24, 2.45) is 13.0 Å². The summed E-state index contributed by atoms with van der Waals surface area (Å²) in [6.07, 6.45) is 2.44. The van der Waals surface area contributed by atoms with Gasteiger partial charge in [-0.25, -0.2) is 9.37 Å². The van der Waals surface area contributed by atoms with Crippen LogP contribution in [0, 0.1) is 11.7 Å². The molecule has 0 saturated carbocycles. The number of aryl methyl sites for hydroxylation is 1. The van der Waals surface area contributed by atoms with Gasteiger partial charge in [0.25, 0.3) is 0 Å². The smallest absolute Gasteiger partial charge is 0.223 e. The summed E-state index contributed by atoms with van der Waals surface area (Å²) in [7, 11) is 1.91. The third kappa shape index (κ3) is 4.59. The Bertz CT molecular complexity index is 686. The number of carbonyl (C=O) groups is 1. The molecule has 2 heterocycles. The molecule has 134 valence electrons. The highest BCUT2D eigenvalue weighted by molar-refractivity contribution is 5.85. The third-order valence-corrected chi connectivity index (χ3v) is 4.29. The normalized spacial score (nSPS) is 14.8. The van der Waals surface area contributed by atoms with E-state index in [1.807, 2.05) is 11.6 Å². The Morgan fingerprint density at radius 1 is 1.38 bits per heavy atom. The molecule has 3 rings (SSSR count). The van der Waals surface area contributed by atoms with Crippen LogP contribution in [-0.4, -0.2) is 35.1 Å². The fourth-order valence-electron chi connectivity index (χ4n) is 2.97. The van der Waals surface area contributed by atoms with Gasteiger partial charge in [0.1, 0.15) is 11.6 Å². The highest BCUT2D eigenvalue weighted by Gasteiger charge is 2.20. The van der Waals surface area contributed by atoms with Gasteiger partial charge < -0.3 is 15.2 Å². The van der Waals surface area contributed by atoms with Gasteiger partial charge in [-0.3, -0.25) is 4.79 Å². The zero-order valence-corrected chi connectivity index (χ0v) is 15.2. The largest absolute Gasteiger partial charge is 0.355 e. The van der Waals surface area contributed by atoms with E-state index in [9.17, 15) is 9.18 Å². The van der Waals surface area contributed by atoms with Gasteiger partial charge >= 0.3 is 0 Å². The Morgan fingerprint density at radius 3 is 2.79 bits per heavy atom. The van der Waals surface area contributed by atoms with Gasteiger partial charge in [0.15, 0.2) is 0 Å². The van der Waals surface area contributed by atoms with E-state index >= 15 is 0 Å². The molecule has 2 N–H and O–H groups in total. The second kappa shape index (κ2) is 9.20. The zero-order valence-electron chi connectivity index (χ0n) is 13.5. The summed E-state index contributed by atoms with van der Waals surface area (Å²) in [6, 6.07) is 4.61. The number of fused-ring (bicyclic) bond motifs is 1. The summed E-state index contributed by atoms with van der Waals surface area (Å²) in [5.41, 5.74) is 1.56. The number of hydrogen-bond acceptors (Lipinski definition) is 3. The second-order valence-electron chi connectivity index (χ2n) is 5.79. The van der Waals surface area contributed by atoms with E-state index in [-0.39, 0.29) is 42.5 Å². The van der Waals surface area contributed by atoms with E-state index in [4.69, 9.17) is 0 Å². The standard InChI is InChI=1S/C16H21FN4O.2ClH/c1-21-14-3-2-12(17)10-13(14)20-15(21)6-9-19-16(22)11-4-7-18-8-5-11;;/h2-3,10-11,18H,4-9H2,1H3,(H,19,22);2*1H. The molecule has 0 aliphatic carbocycles. The van der Waals surface area contributed by atoms with E-state index in [1.54, 1.807) is 6.07 Å². The van der Waals surface area contributed by atoms with Crippen molar-refractivity contribution in [1.29, 1.82) is 0 Å². The van der Waals surface area contributed by atoms with Crippen LogP contribution in [0.5, 0.6) is 0 Å². The van der Waals surface area contributed by atoms with Crippen LogP contribution in [0.1, 0.15) is 18.7 Å². The first-order valence-corrected chi connectivity index (χ1v) is 7.74. The van der Waals surface area contributed by atoms with Crippen molar-refractivity contribution in [2.75, 3.05) is 19.6 Å². The Kier molecular flexibility index (Phi) is 7.93. The van der Waals surface area contributed by atoms with E-state index in [0.717, 1.165) is 37.3 Å². The number of nitrogens with zero attached hydrogens (tertiary/aromatic N) is 2. The molecule has 0 spiro atoms. The van der Waals surface area contributed by atoms with Crippen molar-refractivity contribution < 1.29 is 9.18 Å². The molecular formula is C16H23Cl2FN4O. The van der Waals surface area contributed by atoms with Crippen LogP contribution in [0.25, 0.3) is 11.0 Å². The van der Waals surface area contributed by atoms with Gasteiger partial charge in [-0.05, 0) is 38.1 Å². The number of rotatable bonds is 4. The molecule has 1 amide bonds. The lowest BCUT2D eigenvalue weighted by atomic mass is 9.97. The summed E-state index contributed by atoms with van der Waals surface area (Å²) in [5.74, 6) is 0.824. The first kappa shape index (κ1) is 20.7. The molecule has 2 aromatic rings. The van der Waals surface area contributed by atoms with Crippen molar-refractivity contribution in [3.05, 3.63) is 29.8 Å². The van der Waals surface area contributed by atoms with E-state index in [0.29, 0.717) is 18.5 Å². The second-order valence-corrected chi connectivity index (χ2v) is 5.79. The molecule has 5 nitrogen and oxygen atoms in total. The van der Waals surface area contributed by atoms with Gasteiger partial charge in [0.2, 0.25) is 5.91 Å². The minimum atomic E-state index is -0.281. The minimum absolute atomic E-state index is 0. The Balaban J connectivity index is 0.00000144. The molecular weight excluding hydrogens is 354 g/mol. The Labute approximate surface area is 153 Å². The molecule has 1 saturated heterocycles. The molecule has 0 atom stereocenters. The number of benzene rings is 1. The molecule has 0 bridgehead atoms. The predicted molar refractivity (Wildman–Crippen MR) is 97.5 cm³/mol. The topological polar surface area (TPSA) is 59.0 Å². The summed E-state index contributed by atoms with van der Waals surface area (Å²) in [4.78, 5) is 16.5. The zero-order chi connectivity index (χ0) is 15.5. The Morgan fingerprint density at radius 2 is 2.08 bits per heavy atom. The van der Waals surface area contributed by atoms with Gasteiger partial charge in [-0.1, -0.05) is 0 Å². The number of carbonyl (C=O) groups excluding carboxylic acids is 1. The number of imidazole rings is 1. The van der Waals surface area contributed by atoms with Crippen molar-refractivity contribution in [2.45, 2.75) is 19.3 Å². The number of nitrogens with one attached hydrogen (secondary N) is 2. The predicted octanol–water partition coefficient (Wildman–Crippen LogP) is 2.21. The average Bonchev–Trinajstić information content (AvgIpc) is 2.83. The van der Waals surface area contributed by atoms with E-state index < -0.39 is 0 Å². The monoisotopic (exact) mass is 376 g/mol. The van der Waals surface area contributed by atoms with Crippen LogP contribution in [0.15, 0.2) is 18.2 Å². The lowest BCUT2D eigenvalue weighted by Crippen LogP contribution is -2.38. The summed E-state index contributed by atoms with van der Waals surface area (Å²) < 4.78 is 15.2. The fourth-order valence-corrected chi connectivity index (χ4v) is 2.97. The number of hydrogen-bond donors (Lipinski definition) is 2. The van der Waals surface area contributed by atoms with Crippen molar-refractivity contribution in [1.82, 2.24) is 20.2 Å². The number of amides is 1. The number of aromatic nitrogens is 2. The molecule has 0 radical (unpaired) electrons. The molecule has 1 aliphatic heterocycles. The van der Waals surface area contributed by atoms with Crippen LogP contribution in [0.3, 0.4) is 0 Å². The quantitative estimate of drug-likeness (QED) is 0.859. The molecule has 0 unspecified atom stereocenters. The van der Waals surface area contributed by atoms with Gasteiger partial charge in [-0.15, -0.1) is 24.8 Å². The maximum absolute atomic E-state index is 13.2. The number of halogens is 3. The van der Waals surface area contributed by atoms with E-state index in [2.05, 4.69) is 15.6 Å². The van der Waals surface area contributed by atoms with Crippen molar-refractivity contribution >= 4 is 41.8 Å². The first-order chi connectivity index (χ1) is 10.6. The number of piperidine rings is 1. The maximum Gasteiger partial charge on any atom is 0.223 e. The molecule has 1 aromatic heterocycles. The molecule has 1 aromatic carbocycles. The van der Waals surface area contributed by atoms with E-state index in [1.165, 1.54) is 12.1 Å². The van der Waals surface area contributed by atoms with Crippen LogP contribution in [-0.2, 0) is 18.3 Å². The lowest BCUT2D eigenvalue weighted by molar-refractivity contribution is -0.125. The maximum atomic E-state index is 13.2. The summed E-state index contributed by atoms with van der Waals surface area (Å²) in [6.45, 7) is 2.38. The molecule has 1 aliphatic rings. The van der Waals surface area contributed by atoms with Gasteiger partial charge in [-0.2, -0.15) is 0 Å². The SMILES string of the molecule is Cl.Cl.Cn1c(CCNC(=O)C2CCNCC2)nc2cc(F)ccc21. The van der Waals surface area contributed by atoms with Crippen LogP contribution in [0.4, 0.5) is 4.39 Å². The average molecular weight is 377 g/mol. The Hall–Kier alpha value is -1.37. The van der Waals surface area contributed by atoms with Crippen LogP contribution < -0.4 is 10.6 Å². The highest BCUT2D eigenvalue weighted by atomic mass is 35.5. The van der Waals surface area contributed by atoms with Crippen molar-refractivity contribution in [3.8, 4) is 0 Å². The molecule has 24 heavy (non-hydrogen) atoms. The van der Waals surface area contributed by atoms with Gasteiger partial charge in [0, 0.05) is 32.0 Å². The highest BCUT2D eigenvalue weighted by Crippen LogP contribution is 2.16. The fraction of sp³-hybridized carbons (Fsp3) is 0.500. The molecule has 8 heteroatoms.